The largest absolute Gasteiger partial charge is 0.371 e. The van der Waals surface area contributed by atoms with Crippen molar-refractivity contribution in [2.24, 2.45) is 0 Å². The maximum absolute atomic E-state index is 5.77. The van der Waals surface area contributed by atoms with Gasteiger partial charge in [-0.15, -0.1) is 0 Å². The molecule has 2 aliphatic rings. The summed E-state index contributed by atoms with van der Waals surface area (Å²) < 4.78 is 5.77. The highest BCUT2D eigenvalue weighted by Gasteiger charge is 2.20. The van der Waals surface area contributed by atoms with Gasteiger partial charge in [0.25, 0.3) is 0 Å². The molecule has 2 unspecified atom stereocenters. The van der Waals surface area contributed by atoms with Gasteiger partial charge in [-0.05, 0) is 45.7 Å². The fraction of sp³-hybridized carbons (Fsp3) is 0.818. The molecule has 74 valence electrons. The monoisotopic (exact) mass is 181 g/mol. The van der Waals surface area contributed by atoms with Gasteiger partial charge < -0.3 is 10.1 Å². The Morgan fingerprint density at radius 1 is 1.31 bits per heavy atom. The summed E-state index contributed by atoms with van der Waals surface area (Å²) in [6.45, 7) is 4.46. The summed E-state index contributed by atoms with van der Waals surface area (Å²) >= 11 is 0. The van der Waals surface area contributed by atoms with Gasteiger partial charge in [0.1, 0.15) is 0 Å². The van der Waals surface area contributed by atoms with Crippen molar-refractivity contribution in [1.29, 1.82) is 0 Å². The Morgan fingerprint density at radius 2 is 2.08 bits per heavy atom. The summed E-state index contributed by atoms with van der Waals surface area (Å²) in [6, 6.07) is 0. The Kier molecular flexibility index (Phi) is 3.01. The molecule has 2 heteroatoms. The van der Waals surface area contributed by atoms with Crippen LogP contribution in [0.5, 0.6) is 0 Å². The molecule has 2 heterocycles. The maximum atomic E-state index is 5.77. The average molecular weight is 181 g/mol. The first-order valence-corrected chi connectivity index (χ1v) is 5.40. The van der Waals surface area contributed by atoms with Gasteiger partial charge in [-0.25, -0.2) is 0 Å². The van der Waals surface area contributed by atoms with Crippen LogP contribution in [0.4, 0.5) is 0 Å². The Balaban J connectivity index is 1.87. The predicted octanol–water partition coefficient (Wildman–Crippen LogP) is 1.86. The zero-order chi connectivity index (χ0) is 9.10. The van der Waals surface area contributed by atoms with Crippen molar-refractivity contribution in [3.63, 3.8) is 0 Å². The van der Waals surface area contributed by atoms with Gasteiger partial charge in [0.2, 0.25) is 0 Å². The van der Waals surface area contributed by atoms with E-state index in [9.17, 15) is 0 Å². The van der Waals surface area contributed by atoms with Crippen molar-refractivity contribution < 1.29 is 4.74 Å². The van der Waals surface area contributed by atoms with Crippen molar-refractivity contribution in [2.75, 3.05) is 13.1 Å². The molecule has 0 saturated carbocycles. The molecule has 0 aromatic heterocycles. The number of hydrogen-bond acceptors (Lipinski definition) is 2. The third-order valence-electron chi connectivity index (χ3n) is 2.93. The summed E-state index contributed by atoms with van der Waals surface area (Å²) in [7, 11) is 0. The van der Waals surface area contributed by atoms with Crippen LogP contribution in [0.25, 0.3) is 0 Å². The SMILES string of the molecule is CC1CCC(C=C2CCNCC2)O1. The second kappa shape index (κ2) is 4.25. The van der Waals surface area contributed by atoms with Crippen LogP contribution >= 0.6 is 0 Å². The number of piperidine rings is 1. The van der Waals surface area contributed by atoms with Gasteiger partial charge >= 0.3 is 0 Å². The molecule has 0 amide bonds. The second-order valence-corrected chi connectivity index (χ2v) is 4.14. The quantitative estimate of drug-likeness (QED) is 0.623. The highest BCUT2D eigenvalue weighted by Crippen LogP contribution is 2.22. The Labute approximate surface area is 80.4 Å². The lowest BCUT2D eigenvalue weighted by Crippen LogP contribution is -2.23. The first-order valence-electron chi connectivity index (χ1n) is 5.40. The van der Waals surface area contributed by atoms with Crippen molar-refractivity contribution in [2.45, 2.75) is 44.8 Å². The van der Waals surface area contributed by atoms with E-state index < -0.39 is 0 Å². The van der Waals surface area contributed by atoms with Crippen LogP contribution in [0.3, 0.4) is 0 Å². The lowest BCUT2D eigenvalue weighted by atomic mass is 10.0. The molecule has 0 aromatic rings. The van der Waals surface area contributed by atoms with Crippen LogP contribution in [0, 0.1) is 0 Å². The number of ether oxygens (including phenoxy) is 1. The van der Waals surface area contributed by atoms with Gasteiger partial charge in [0, 0.05) is 0 Å². The Morgan fingerprint density at radius 3 is 2.69 bits per heavy atom. The molecule has 2 atom stereocenters. The highest BCUT2D eigenvalue weighted by molar-refractivity contribution is 5.09. The molecule has 0 radical (unpaired) electrons. The van der Waals surface area contributed by atoms with E-state index in [0.717, 1.165) is 13.1 Å². The van der Waals surface area contributed by atoms with E-state index in [4.69, 9.17) is 4.74 Å². The summed E-state index contributed by atoms with van der Waals surface area (Å²) in [5.41, 5.74) is 1.60. The minimum Gasteiger partial charge on any atom is -0.371 e. The van der Waals surface area contributed by atoms with Crippen molar-refractivity contribution in [3.8, 4) is 0 Å². The average Bonchev–Trinajstić information content (AvgIpc) is 2.53. The van der Waals surface area contributed by atoms with Gasteiger partial charge in [-0.3, -0.25) is 0 Å². The van der Waals surface area contributed by atoms with Crippen LogP contribution in [0.15, 0.2) is 11.6 Å². The maximum Gasteiger partial charge on any atom is 0.0763 e. The fourth-order valence-electron chi connectivity index (χ4n) is 2.13. The van der Waals surface area contributed by atoms with E-state index in [1.807, 2.05) is 0 Å². The van der Waals surface area contributed by atoms with Crippen LogP contribution in [-0.4, -0.2) is 25.3 Å². The normalized spacial score (nSPS) is 35.0. The number of nitrogens with one attached hydrogen (secondary N) is 1. The first kappa shape index (κ1) is 9.22. The zero-order valence-corrected chi connectivity index (χ0v) is 8.38. The van der Waals surface area contributed by atoms with E-state index in [0.29, 0.717) is 12.2 Å². The van der Waals surface area contributed by atoms with Gasteiger partial charge in [-0.2, -0.15) is 0 Å². The van der Waals surface area contributed by atoms with Crippen molar-refractivity contribution in [3.05, 3.63) is 11.6 Å². The lowest BCUT2D eigenvalue weighted by molar-refractivity contribution is 0.0826. The Hall–Kier alpha value is -0.340. The van der Waals surface area contributed by atoms with Gasteiger partial charge in [0.05, 0.1) is 12.2 Å². The summed E-state index contributed by atoms with van der Waals surface area (Å²) in [5.74, 6) is 0. The minimum atomic E-state index is 0.420. The summed E-state index contributed by atoms with van der Waals surface area (Å²) in [4.78, 5) is 0. The fourth-order valence-corrected chi connectivity index (χ4v) is 2.13. The van der Waals surface area contributed by atoms with E-state index in [1.54, 1.807) is 5.57 Å². The molecule has 2 nitrogen and oxygen atoms in total. The highest BCUT2D eigenvalue weighted by atomic mass is 16.5. The second-order valence-electron chi connectivity index (χ2n) is 4.14. The molecule has 2 fully saturated rings. The molecule has 1 N–H and O–H groups in total. The molecule has 2 aliphatic heterocycles. The topological polar surface area (TPSA) is 21.3 Å². The standard InChI is InChI=1S/C11H19NO/c1-9-2-3-11(13-9)8-10-4-6-12-7-5-10/h8-9,11-12H,2-7H2,1H3. The third kappa shape index (κ3) is 2.55. The molecule has 0 bridgehead atoms. The van der Waals surface area contributed by atoms with E-state index in [1.165, 1.54) is 25.7 Å². The third-order valence-corrected chi connectivity index (χ3v) is 2.93. The van der Waals surface area contributed by atoms with Crippen molar-refractivity contribution in [1.82, 2.24) is 5.32 Å². The van der Waals surface area contributed by atoms with E-state index >= 15 is 0 Å². The van der Waals surface area contributed by atoms with Crippen molar-refractivity contribution >= 4 is 0 Å². The van der Waals surface area contributed by atoms with Crippen LogP contribution in [0.1, 0.15) is 32.6 Å². The minimum absolute atomic E-state index is 0.420. The molecular weight excluding hydrogens is 162 g/mol. The molecule has 2 rings (SSSR count). The van der Waals surface area contributed by atoms with Gasteiger partial charge in [0.15, 0.2) is 0 Å². The molecule has 0 aromatic carbocycles. The molecule has 0 aliphatic carbocycles. The molecule has 13 heavy (non-hydrogen) atoms. The van der Waals surface area contributed by atoms with Crippen LogP contribution < -0.4 is 5.32 Å². The summed E-state index contributed by atoms with van der Waals surface area (Å²) in [5, 5.41) is 3.37. The number of hydrogen-bond donors (Lipinski definition) is 1. The molecular formula is C11H19NO. The number of rotatable bonds is 1. The summed E-state index contributed by atoms with van der Waals surface area (Å²) in [6.07, 6.45) is 8.14. The van der Waals surface area contributed by atoms with Gasteiger partial charge in [-0.1, -0.05) is 11.6 Å². The molecule has 0 spiro atoms. The van der Waals surface area contributed by atoms with E-state index in [-0.39, 0.29) is 0 Å². The van der Waals surface area contributed by atoms with Crippen LogP contribution in [0.2, 0.25) is 0 Å². The lowest BCUT2D eigenvalue weighted by Gasteiger charge is -2.17. The van der Waals surface area contributed by atoms with E-state index in [2.05, 4.69) is 18.3 Å². The molecule has 2 saturated heterocycles. The van der Waals surface area contributed by atoms with Crippen LogP contribution in [-0.2, 0) is 4.74 Å². The predicted molar refractivity (Wildman–Crippen MR) is 53.8 cm³/mol. The smallest absolute Gasteiger partial charge is 0.0763 e. The Bertz CT molecular complexity index is 192. The zero-order valence-electron chi connectivity index (χ0n) is 8.38. The first-order chi connectivity index (χ1) is 6.34.